The minimum Gasteiger partial charge on any atom is -0.465 e. The summed E-state index contributed by atoms with van der Waals surface area (Å²) in [5.41, 5.74) is 0. The highest BCUT2D eigenvalue weighted by molar-refractivity contribution is 5.96. The number of ether oxygens (including phenoxy) is 1. The minimum atomic E-state index is -0.213. The van der Waals surface area contributed by atoms with Crippen LogP contribution in [0.1, 0.15) is 26.7 Å². The predicted molar refractivity (Wildman–Crippen MR) is 59.6 cm³/mol. The Morgan fingerprint density at radius 1 is 1.50 bits per heavy atom. The molecule has 0 N–H and O–H groups in total. The lowest BCUT2D eigenvalue weighted by atomic mass is 9.94. The lowest BCUT2D eigenvalue weighted by molar-refractivity contribution is -0.150. The van der Waals surface area contributed by atoms with Crippen molar-refractivity contribution in [3.63, 3.8) is 0 Å². The molecule has 0 radical (unpaired) electrons. The monoisotopic (exact) mass is 222 g/mol. The van der Waals surface area contributed by atoms with E-state index >= 15 is 0 Å². The summed E-state index contributed by atoms with van der Waals surface area (Å²) < 4.78 is 5.21. The van der Waals surface area contributed by atoms with E-state index in [1.54, 1.807) is 0 Å². The second-order valence-electron chi connectivity index (χ2n) is 5.11. The molecule has 0 aromatic rings. The van der Waals surface area contributed by atoms with Crippen molar-refractivity contribution in [1.29, 1.82) is 0 Å². The topological polar surface area (TPSA) is 43.4 Å². The zero-order valence-corrected chi connectivity index (χ0v) is 9.81. The molecule has 0 spiro atoms. The molecule has 0 saturated heterocycles. The highest BCUT2D eigenvalue weighted by Gasteiger charge is 2.47. The van der Waals surface area contributed by atoms with Crippen molar-refractivity contribution < 1.29 is 14.3 Å². The molecular weight excluding hydrogens is 204 g/mol. The Labute approximate surface area is 95.9 Å². The van der Waals surface area contributed by atoms with E-state index in [0.29, 0.717) is 18.9 Å². The van der Waals surface area contributed by atoms with Gasteiger partial charge in [0.2, 0.25) is 0 Å². The molecule has 0 aromatic heterocycles. The quantitative estimate of drug-likeness (QED) is 0.539. The third-order valence-electron chi connectivity index (χ3n) is 3.43. The maximum absolute atomic E-state index is 11.8. The number of carbonyl (C=O) groups excluding carboxylic acids is 2. The van der Waals surface area contributed by atoms with Crippen molar-refractivity contribution in [2.45, 2.75) is 26.7 Å². The average Bonchev–Trinajstić information content (AvgIpc) is 2.73. The summed E-state index contributed by atoms with van der Waals surface area (Å²) in [6.07, 6.45) is 5.33. The fraction of sp³-hybridized carbons (Fsp3) is 0.692. The second-order valence-corrected chi connectivity index (χ2v) is 5.11. The summed E-state index contributed by atoms with van der Waals surface area (Å²) in [7, 11) is 0. The number of carbonyl (C=O) groups is 2. The first-order chi connectivity index (χ1) is 7.59. The Morgan fingerprint density at radius 3 is 2.75 bits per heavy atom. The van der Waals surface area contributed by atoms with E-state index in [-0.39, 0.29) is 29.5 Å². The molecule has 0 heterocycles. The molecular formula is C13H18O3. The molecule has 2 rings (SSSR count). The first kappa shape index (κ1) is 11.4. The molecule has 16 heavy (non-hydrogen) atoms. The van der Waals surface area contributed by atoms with Gasteiger partial charge in [-0.15, -0.1) is 0 Å². The van der Waals surface area contributed by atoms with E-state index in [1.807, 2.05) is 12.2 Å². The number of rotatable bonds is 4. The molecule has 3 nitrogen and oxygen atoms in total. The van der Waals surface area contributed by atoms with Gasteiger partial charge in [-0.2, -0.15) is 0 Å². The summed E-state index contributed by atoms with van der Waals surface area (Å²) in [6, 6.07) is 0. The van der Waals surface area contributed by atoms with Crippen LogP contribution in [0, 0.1) is 23.7 Å². The Morgan fingerprint density at radius 2 is 2.25 bits per heavy atom. The van der Waals surface area contributed by atoms with Crippen LogP contribution < -0.4 is 0 Å². The molecule has 0 aliphatic heterocycles. The van der Waals surface area contributed by atoms with Crippen molar-refractivity contribution in [3.8, 4) is 0 Å². The lowest BCUT2D eigenvalue weighted by Crippen LogP contribution is -2.23. The van der Waals surface area contributed by atoms with Crippen molar-refractivity contribution in [3.05, 3.63) is 12.2 Å². The molecule has 88 valence electrons. The van der Waals surface area contributed by atoms with Gasteiger partial charge >= 0.3 is 5.97 Å². The van der Waals surface area contributed by atoms with Crippen molar-refractivity contribution in [2.75, 3.05) is 6.61 Å². The Hall–Kier alpha value is -1.12. The summed E-state index contributed by atoms with van der Waals surface area (Å²) >= 11 is 0. The number of ketones is 1. The second kappa shape index (κ2) is 4.40. The zero-order valence-electron chi connectivity index (χ0n) is 9.81. The summed E-state index contributed by atoms with van der Waals surface area (Å²) in [4.78, 5) is 23.3. The molecule has 0 aromatic carbocycles. The first-order valence-corrected chi connectivity index (χ1v) is 5.98. The van der Waals surface area contributed by atoms with Crippen LogP contribution in [0.5, 0.6) is 0 Å². The van der Waals surface area contributed by atoms with Gasteiger partial charge in [-0.3, -0.25) is 9.59 Å². The fourth-order valence-electron chi connectivity index (χ4n) is 2.38. The van der Waals surface area contributed by atoms with Crippen LogP contribution in [0.15, 0.2) is 12.2 Å². The smallest absolute Gasteiger partial charge is 0.310 e. The number of fused-ring (bicyclic) bond motifs is 2. The number of hydrogen-bond acceptors (Lipinski definition) is 3. The first-order valence-electron chi connectivity index (χ1n) is 5.98. The Balaban J connectivity index is 1.83. The molecule has 1 saturated carbocycles. The highest BCUT2D eigenvalue weighted by Crippen LogP contribution is 2.41. The molecule has 1 fully saturated rings. The summed E-state index contributed by atoms with van der Waals surface area (Å²) in [5, 5.41) is 0. The van der Waals surface area contributed by atoms with Gasteiger partial charge in [0.25, 0.3) is 0 Å². The van der Waals surface area contributed by atoms with Gasteiger partial charge in [0.15, 0.2) is 0 Å². The third-order valence-corrected chi connectivity index (χ3v) is 3.43. The van der Waals surface area contributed by atoms with E-state index in [4.69, 9.17) is 4.74 Å². The average molecular weight is 222 g/mol. The van der Waals surface area contributed by atoms with Crippen molar-refractivity contribution in [1.82, 2.24) is 0 Å². The van der Waals surface area contributed by atoms with E-state index in [9.17, 15) is 9.59 Å². The van der Waals surface area contributed by atoms with Crippen LogP contribution in [0.3, 0.4) is 0 Å². The normalized spacial score (nSPS) is 31.4. The molecule has 2 bridgehead atoms. The van der Waals surface area contributed by atoms with Crippen LogP contribution >= 0.6 is 0 Å². The molecule has 2 aliphatic rings. The Bertz CT molecular complexity index is 330. The maximum Gasteiger partial charge on any atom is 0.310 e. The predicted octanol–water partition coefficient (Wildman–Crippen LogP) is 1.97. The van der Waals surface area contributed by atoms with Crippen molar-refractivity contribution in [2.24, 2.45) is 23.7 Å². The van der Waals surface area contributed by atoms with Crippen LogP contribution in [0.2, 0.25) is 0 Å². The number of hydrogen-bond donors (Lipinski definition) is 0. The van der Waals surface area contributed by atoms with Gasteiger partial charge in [0.05, 0.1) is 12.5 Å². The summed E-state index contributed by atoms with van der Waals surface area (Å²) in [5.74, 6) is 0.116. The van der Waals surface area contributed by atoms with Gasteiger partial charge in [-0.05, 0) is 18.8 Å². The van der Waals surface area contributed by atoms with E-state index < -0.39 is 0 Å². The fourth-order valence-corrected chi connectivity index (χ4v) is 2.38. The van der Waals surface area contributed by atoms with Gasteiger partial charge in [-0.1, -0.05) is 26.0 Å². The van der Waals surface area contributed by atoms with E-state index in [2.05, 4.69) is 13.8 Å². The number of allylic oxidation sites excluding steroid dienone is 2. The lowest BCUT2D eigenvalue weighted by Gasteiger charge is -2.15. The van der Waals surface area contributed by atoms with Gasteiger partial charge in [0.1, 0.15) is 5.78 Å². The van der Waals surface area contributed by atoms with E-state index in [1.165, 1.54) is 0 Å². The van der Waals surface area contributed by atoms with Crippen molar-refractivity contribution >= 4 is 11.8 Å². The van der Waals surface area contributed by atoms with Crippen LogP contribution in [0.4, 0.5) is 0 Å². The largest absolute Gasteiger partial charge is 0.465 e. The molecule has 3 unspecified atom stereocenters. The number of Topliss-reactive ketones (excluding diaryl/α,β-unsaturated/α-hetero) is 1. The molecule has 3 heteroatoms. The third kappa shape index (κ3) is 2.04. The van der Waals surface area contributed by atoms with Gasteiger partial charge < -0.3 is 4.74 Å². The van der Waals surface area contributed by atoms with E-state index in [0.717, 1.165) is 6.42 Å². The standard InChI is InChI=1S/C13H18O3/c1-8(2)5-6-16-13(15)11-7-9-3-4-10(11)12(9)14/h3-4,8-11H,5-7H2,1-2H3. The maximum atomic E-state index is 11.8. The van der Waals surface area contributed by atoms with Crippen LogP contribution in [-0.2, 0) is 14.3 Å². The number of esters is 1. The summed E-state index contributed by atoms with van der Waals surface area (Å²) in [6.45, 7) is 4.66. The molecule has 3 atom stereocenters. The van der Waals surface area contributed by atoms with Crippen LogP contribution in [-0.4, -0.2) is 18.4 Å². The zero-order chi connectivity index (χ0) is 11.7. The highest BCUT2D eigenvalue weighted by atomic mass is 16.5. The van der Waals surface area contributed by atoms with Crippen LogP contribution in [0.25, 0.3) is 0 Å². The minimum absolute atomic E-state index is 0.0207. The van der Waals surface area contributed by atoms with Gasteiger partial charge in [0, 0.05) is 11.8 Å². The Kier molecular flexibility index (Phi) is 3.13. The SMILES string of the molecule is CC(C)CCOC(=O)C1CC2C=CC1C2=O. The van der Waals surface area contributed by atoms with Gasteiger partial charge in [-0.25, -0.2) is 0 Å². The molecule has 0 amide bonds. The molecule has 2 aliphatic carbocycles.